The average molecular weight is 655 g/mol. The Morgan fingerprint density at radius 2 is 1.68 bits per heavy atom. The summed E-state index contributed by atoms with van der Waals surface area (Å²) in [6, 6.07) is 9.87. The number of hydrogen-bond donors (Lipinski definition) is 3. The van der Waals surface area contributed by atoms with Crippen molar-refractivity contribution in [3.05, 3.63) is 53.8 Å². The van der Waals surface area contributed by atoms with E-state index in [-0.39, 0.29) is 55.5 Å². The lowest BCUT2D eigenvalue weighted by molar-refractivity contribution is -0.120. The number of likely N-dealkylation sites (N-methyl/N-ethyl adjacent to an activating group) is 1. The Morgan fingerprint density at radius 1 is 1.00 bits per heavy atom. The standard InChI is InChI=1S/C36H51FN4O6/c1-24-21-41(25(2)23-42)35(44)31-20-30(38-34(43)27-11-6-5-7-12-27)17-18-32(31)47-26(3)10-8-9-19-46-33(24)22-40(4)36(45)39-29-15-13-28(37)14-16-29/h13-18,20,24-27,33,42H,5-12,19,21-23H2,1-4H3,(H,38,43)(H,39,45)/t24-,25+,26-,33-/m0/s1. The molecule has 0 bridgehead atoms. The van der Waals surface area contributed by atoms with Gasteiger partial charge in [-0.15, -0.1) is 0 Å². The Hall–Kier alpha value is -3.70. The van der Waals surface area contributed by atoms with Crippen LogP contribution in [0.2, 0.25) is 0 Å². The summed E-state index contributed by atoms with van der Waals surface area (Å²) in [5.41, 5.74) is 1.32. The molecule has 10 nitrogen and oxygen atoms in total. The average Bonchev–Trinajstić information content (AvgIpc) is 3.07. The lowest BCUT2D eigenvalue weighted by Gasteiger charge is -2.35. The van der Waals surface area contributed by atoms with Crippen molar-refractivity contribution in [2.24, 2.45) is 11.8 Å². The largest absolute Gasteiger partial charge is 0.490 e. The van der Waals surface area contributed by atoms with Gasteiger partial charge in [-0.25, -0.2) is 9.18 Å². The molecule has 1 saturated carbocycles. The summed E-state index contributed by atoms with van der Waals surface area (Å²) in [6.45, 7) is 6.42. The summed E-state index contributed by atoms with van der Waals surface area (Å²) >= 11 is 0. The Kier molecular flexibility index (Phi) is 13.4. The second kappa shape index (κ2) is 17.5. The number of benzene rings is 2. The number of ether oxygens (including phenoxy) is 2. The molecule has 2 aromatic rings. The first-order valence-corrected chi connectivity index (χ1v) is 17.0. The lowest BCUT2D eigenvalue weighted by atomic mass is 9.88. The molecule has 1 aliphatic heterocycles. The molecule has 258 valence electrons. The first kappa shape index (κ1) is 36.1. The molecule has 0 spiro atoms. The highest BCUT2D eigenvalue weighted by molar-refractivity contribution is 6.00. The minimum Gasteiger partial charge on any atom is -0.490 e. The van der Waals surface area contributed by atoms with Crippen LogP contribution in [-0.2, 0) is 9.53 Å². The molecule has 1 heterocycles. The molecule has 0 radical (unpaired) electrons. The molecule has 47 heavy (non-hydrogen) atoms. The van der Waals surface area contributed by atoms with E-state index in [9.17, 15) is 23.9 Å². The van der Waals surface area contributed by atoms with Gasteiger partial charge in [0.1, 0.15) is 11.6 Å². The van der Waals surface area contributed by atoms with Crippen LogP contribution in [-0.4, -0.2) is 84.4 Å². The van der Waals surface area contributed by atoms with Crippen molar-refractivity contribution in [1.82, 2.24) is 9.80 Å². The van der Waals surface area contributed by atoms with Crippen molar-refractivity contribution in [3.63, 3.8) is 0 Å². The number of nitrogens with zero attached hydrogens (tertiary/aromatic N) is 2. The maximum atomic E-state index is 14.3. The van der Waals surface area contributed by atoms with Crippen molar-refractivity contribution in [2.75, 3.05) is 44.0 Å². The van der Waals surface area contributed by atoms with E-state index in [4.69, 9.17) is 9.47 Å². The van der Waals surface area contributed by atoms with E-state index < -0.39 is 18.0 Å². The van der Waals surface area contributed by atoms with E-state index in [1.165, 1.54) is 29.2 Å². The van der Waals surface area contributed by atoms with Crippen molar-refractivity contribution in [1.29, 1.82) is 0 Å². The highest BCUT2D eigenvalue weighted by Gasteiger charge is 2.31. The molecule has 0 saturated heterocycles. The van der Waals surface area contributed by atoms with Gasteiger partial charge in [0, 0.05) is 50.0 Å². The van der Waals surface area contributed by atoms with E-state index in [0.29, 0.717) is 29.3 Å². The predicted molar refractivity (Wildman–Crippen MR) is 180 cm³/mol. The molecular formula is C36H51FN4O6. The smallest absolute Gasteiger partial charge is 0.321 e. The highest BCUT2D eigenvalue weighted by atomic mass is 19.1. The number of aliphatic hydroxyl groups is 1. The third-order valence-electron chi connectivity index (χ3n) is 9.19. The van der Waals surface area contributed by atoms with E-state index in [1.807, 2.05) is 13.8 Å². The summed E-state index contributed by atoms with van der Waals surface area (Å²) in [4.78, 5) is 43.6. The Labute approximate surface area is 278 Å². The molecular weight excluding hydrogens is 603 g/mol. The molecule has 4 atom stereocenters. The van der Waals surface area contributed by atoms with Gasteiger partial charge in [0.15, 0.2) is 0 Å². The van der Waals surface area contributed by atoms with E-state index in [0.717, 1.165) is 51.4 Å². The number of fused-ring (bicyclic) bond motifs is 1. The van der Waals surface area contributed by atoms with Gasteiger partial charge in [-0.3, -0.25) is 9.59 Å². The van der Waals surface area contributed by atoms with Crippen molar-refractivity contribution in [3.8, 4) is 5.75 Å². The fourth-order valence-electron chi connectivity index (χ4n) is 6.18. The summed E-state index contributed by atoms with van der Waals surface area (Å²) in [6.07, 6.45) is 6.74. The third-order valence-corrected chi connectivity index (χ3v) is 9.19. The lowest BCUT2D eigenvalue weighted by Crippen LogP contribution is -2.48. The summed E-state index contributed by atoms with van der Waals surface area (Å²) < 4.78 is 26.0. The number of nitrogens with one attached hydrogen (secondary N) is 2. The molecule has 1 fully saturated rings. The molecule has 3 N–H and O–H groups in total. The Morgan fingerprint density at radius 3 is 2.38 bits per heavy atom. The van der Waals surface area contributed by atoms with Crippen LogP contribution in [0.15, 0.2) is 42.5 Å². The first-order chi connectivity index (χ1) is 22.5. The van der Waals surface area contributed by atoms with Crippen molar-refractivity contribution >= 4 is 29.2 Å². The molecule has 1 aliphatic carbocycles. The predicted octanol–water partition coefficient (Wildman–Crippen LogP) is 6.30. The number of halogens is 1. The second-order valence-corrected chi connectivity index (χ2v) is 13.2. The van der Waals surface area contributed by atoms with Crippen LogP contribution in [0.5, 0.6) is 5.75 Å². The van der Waals surface area contributed by atoms with Gasteiger partial charge in [-0.1, -0.05) is 26.2 Å². The summed E-state index contributed by atoms with van der Waals surface area (Å²) in [7, 11) is 1.66. The van der Waals surface area contributed by atoms with E-state index in [1.54, 1.807) is 37.1 Å². The van der Waals surface area contributed by atoms with Gasteiger partial charge >= 0.3 is 6.03 Å². The number of hydrogen-bond acceptors (Lipinski definition) is 6. The number of anilines is 2. The monoisotopic (exact) mass is 654 g/mol. The van der Waals surface area contributed by atoms with Crippen molar-refractivity contribution < 1.29 is 33.4 Å². The van der Waals surface area contributed by atoms with Crippen LogP contribution in [0, 0.1) is 17.7 Å². The molecule has 4 amide bonds. The minimum absolute atomic E-state index is 0.0333. The zero-order chi connectivity index (χ0) is 33.9. The topological polar surface area (TPSA) is 120 Å². The summed E-state index contributed by atoms with van der Waals surface area (Å²) in [5.74, 6) is -0.582. The van der Waals surface area contributed by atoms with Gasteiger partial charge < -0.3 is 35.0 Å². The zero-order valence-electron chi connectivity index (χ0n) is 28.2. The maximum Gasteiger partial charge on any atom is 0.321 e. The van der Waals surface area contributed by atoms with E-state index >= 15 is 0 Å². The molecule has 0 unspecified atom stereocenters. The zero-order valence-corrected chi connectivity index (χ0v) is 28.2. The number of carbonyl (C=O) groups is 3. The molecule has 0 aromatic heterocycles. The van der Waals surface area contributed by atoms with Crippen LogP contribution in [0.3, 0.4) is 0 Å². The fourth-order valence-corrected chi connectivity index (χ4v) is 6.18. The van der Waals surface area contributed by atoms with Crippen molar-refractivity contribution in [2.45, 2.75) is 90.4 Å². The molecule has 2 aromatic carbocycles. The first-order valence-electron chi connectivity index (χ1n) is 17.0. The Bertz CT molecular complexity index is 1340. The molecule has 2 aliphatic rings. The fraction of sp³-hybridized carbons (Fsp3) is 0.583. The van der Waals surface area contributed by atoms with Gasteiger partial charge in [-0.05, 0) is 88.4 Å². The number of aliphatic hydroxyl groups excluding tert-OH is 1. The van der Waals surface area contributed by atoms with Gasteiger partial charge in [0.25, 0.3) is 5.91 Å². The van der Waals surface area contributed by atoms with Crippen LogP contribution < -0.4 is 15.4 Å². The van der Waals surface area contributed by atoms with E-state index in [2.05, 4.69) is 10.6 Å². The number of amides is 4. The normalized spacial score (nSPS) is 22.3. The quantitative estimate of drug-likeness (QED) is 0.322. The third kappa shape index (κ3) is 10.4. The Balaban J connectivity index is 1.57. The van der Waals surface area contributed by atoms with Crippen LogP contribution >= 0.6 is 0 Å². The highest BCUT2D eigenvalue weighted by Crippen LogP contribution is 2.30. The van der Waals surface area contributed by atoms with Gasteiger partial charge in [0.05, 0.1) is 30.4 Å². The minimum atomic E-state index is -0.524. The SMILES string of the molecule is C[C@H](CO)N1C[C@H](C)[C@H](CN(C)C(=O)Nc2ccc(F)cc2)OCCCC[C@H](C)Oc2ccc(NC(=O)C3CCCCC3)cc2C1=O. The molecule has 11 heteroatoms. The number of rotatable bonds is 7. The molecule has 4 rings (SSSR count). The van der Waals surface area contributed by atoms with Crippen LogP contribution in [0.4, 0.5) is 20.6 Å². The summed E-state index contributed by atoms with van der Waals surface area (Å²) in [5, 5.41) is 16.0. The van der Waals surface area contributed by atoms with Crippen LogP contribution in [0.25, 0.3) is 0 Å². The van der Waals surface area contributed by atoms with Crippen LogP contribution in [0.1, 0.15) is 82.5 Å². The van der Waals surface area contributed by atoms with Gasteiger partial charge in [0.2, 0.25) is 5.91 Å². The number of urea groups is 1. The van der Waals surface area contributed by atoms with Gasteiger partial charge in [-0.2, -0.15) is 0 Å². The second-order valence-electron chi connectivity index (χ2n) is 13.2. The number of carbonyl (C=O) groups excluding carboxylic acids is 3. The maximum absolute atomic E-state index is 14.3.